The Labute approximate surface area is 124 Å². The van der Waals surface area contributed by atoms with E-state index in [1.807, 2.05) is 6.07 Å². The minimum atomic E-state index is -1.76. The summed E-state index contributed by atoms with van der Waals surface area (Å²) in [6, 6.07) is 5.25. The maximum Gasteiger partial charge on any atom is 0.348 e. The number of hydrogen-bond acceptors (Lipinski definition) is 5. The van der Waals surface area contributed by atoms with Gasteiger partial charge in [0, 0.05) is 12.4 Å². The molecule has 0 N–H and O–H groups in total. The maximum absolute atomic E-state index is 12.5. The van der Waals surface area contributed by atoms with Crippen LogP contribution in [0.15, 0.2) is 24.5 Å². The third-order valence-electron chi connectivity index (χ3n) is 2.67. The molecule has 1 unspecified atom stereocenters. The predicted molar refractivity (Wildman–Crippen MR) is 75.1 cm³/mol. The molecular formula is C15H20N2O4. The molecule has 21 heavy (non-hydrogen) atoms. The van der Waals surface area contributed by atoms with E-state index in [4.69, 9.17) is 9.47 Å². The highest BCUT2D eigenvalue weighted by molar-refractivity contribution is 5.88. The van der Waals surface area contributed by atoms with Gasteiger partial charge in [-0.3, -0.25) is 4.79 Å². The third kappa shape index (κ3) is 4.09. The summed E-state index contributed by atoms with van der Waals surface area (Å²) >= 11 is 0. The lowest BCUT2D eigenvalue weighted by Gasteiger charge is -2.29. The minimum Gasteiger partial charge on any atom is -0.466 e. The van der Waals surface area contributed by atoms with Crippen LogP contribution in [-0.2, 0) is 24.6 Å². The van der Waals surface area contributed by atoms with E-state index in [1.165, 1.54) is 4.57 Å². The summed E-state index contributed by atoms with van der Waals surface area (Å²) in [5.41, 5.74) is -2.52. The first-order chi connectivity index (χ1) is 9.75. The minimum absolute atomic E-state index is 0.181. The van der Waals surface area contributed by atoms with Crippen LogP contribution in [0.1, 0.15) is 34.1 Å². The van der Waals surface area contributed by atoms with Gasteiger partial charge in [0.25, 0.3) is 0 Å². The fourth-order valence-corrected chi connectivity index (χ4v) is 1.78. The van der Waals surface area contributed by atoms with E-state index in [1.54, 1.807) is 52.2 Å². The SMILES string of the molecule is CCOC(=O)CC(C#N)(C(=O)OC(C)(C)C)n1cccc1. The quantitative estimate of drug-likeness (QED) is 0.775. The molecule has 0 radical (unpaired) electrons. The number of nitrogens with zero attached hydrogens (tertiary/aromatic N) is 2. The lowest BCUT2D eigenvalue weighted by atomic mass is 9.96. The van der Waals surface area contributed by atoms with Gasteiger partial charge in [-0.25, -0.2) is 4.79 Å². The molecule has 0 aliphatic carbocycles. The Morgan fingerprint density at radius 2 is 1.81 bits per heavy atom. The van der Waals surface area contributed by atoms with Crippen LogP contribution >= 0.6 is 0 Å². The number of carbonyl (C=O) groups is 2. The van der Waals surface area contributed by atoms with Crippen molar-refractivity contribution < 1.29 is 19.1 Å². The summed E-state index contributed by atoms with van der Waals surface area (Å²) in [6.07, 6.45) is 2.69. The molecule has 6 heteroatoms. The van der Waals surface area contributed by atoms with Crippen LogP contribution in [0.25, 0.3) is 0 Å². The van der Waals surface area contributed by atoms with Crippen molar-refractivity contribution in [1.82, 2.24) is 4.57 Å². The Bertz CT molecular complexity index is 537. The van der Waals surface area contributed by atoms with Gasteiger partial charge >= 0.3 is 11.9 Å². The van der Waals surface area contributed by atoms with Crippen molar-refractivity contribution >= 4 is 11.9 Å². The van der Waals surface area contributed by atoms with Crippen molar-refractivity contribution in [2.24, 2.45) is 0 Å². The highest BCUT2D eigenvalue weighted by Crippen LogP contribution is 2.26. The van der Waals surface area contributed by atoms with E-state index in [-0.39, 0.29) is 6.61 Å². The van der Waals surface area contributed by atoms with Crippen molar-refractivity contribution in [3.63, 3.8) is 0 Å². The highest BCUT2D eigenvalue weighted by Gasteiger charge is 2.46. The molecule has 0 amide bonds. The van der Waals surface area contributed by atoms with Crippen molar-refractivity contribution in [3.8, 4) is 6.07 Å². The van der Waals surface area contributed by atoms with Crippen molar-refractivity contribution in [2.45, 2.75) is 45.3 Å². The second-order valence-electron chi connectivity index (χ2n) is 5.55. The lowest BCUT2D eigenvalue weighted by molar-refractivity contribution is -0.167. The molecule has 0 aliphatic heterocycles. The molecule has 1 rings (SSSR count). The predicted octanol–water partition coefficient (Wildman–Crippen LogP) is 2.00. The monoisotopic (exact) mass is 292 g/mol. The molecule has 114 valence electrons. The Hall–Kier alpha value is -2.29. The number of esters is 2. The normalized spacial score (nSPS) is 13.9. The van der Waals surface area contributed by atoms with Crippen molar-refractivity contribution in [2.75, 3.05) is 6.61 Å². The number of ether oxygens (including phenoxy) is 2. The van der Waals surface area contributed by atoms with E-state index >= 15 is 0 Å². The summed E-state index contributed by atoms with van der Waals surface area (Å²) in [5.74, 6) is -1.40. The van der Waals surface area contributed by atoms with Crippen LogP contribution in [0.4, 0.5) is 0 Å². The second kappa shape index (κ2) is 6.44. The second-order valence-corrected chi connectivity index (χ2v) is 5.55. The molecule has 0 spiro atoms. The molecule has 0 aromatic carbocycles. The molecule has 0 aliphatic rings. The first-order valence-electron chi connectivity index (χ1n) is 6.69. The smallest absolute Gasteiger partial charge is 0.348 e. The number of aromatic nitrogens is 1. The van der Waals surface area contributed by atoms with Crippen LogP contribution in [-0.4, -0.2) is 28.7 Å². The average Bonchev–Trinajstić information content (AvgIpc) is 2.88. The van der Waals surface area contributed by atoms with Crippen LogP contribution < -0.4 is 0 Å². The summed E-state index contributed by atoms with van der Waals surface area (Å²) in [7, 11) is 0. The zero-order chi connectivity index (χ0) is 16.1. The fourth-order valence-electron chi connectivity index (χ4n) is 1.78. The van der Waals surface area contributed by atoms with Crippen molar-refractivity contribution in [1.29, 1.82) is 5.26 Å². The molecule has 1 atom stereocenters. The van der Waals surface area contributed by atoms with E-state index in [0.29, 0.717) is 0 Å². The van der Waals surface area contributed by atoms with E-state index < -0.39 is 29.5 Å². The average molecular weight is 292 g/mol. The van der Waals surface area contributed by atoms with Gasteiger partial charge in [-0.2, -0.15) is 5.26 Å². The van der Waals surface area contributed by atoms with Gasteiger partial charge in [0.1, 0.15) is 11.7 Å². The summed E-state index contributed by atoms with van der Waals surface area (Å²) in [6.45, 7) is 6.95. The van der Waals surface area contributed by atoms with Gasteiger partial charge in [0.2, 0.25) is 5.54 Å². The number of nitriles is 1. The Balaban J connectivity index is 3.19. The molecule has 1 aromatic heterocycles. The summed E-state index contributed by atoms with van der Waals surface area (Å²) in [5, 5.41) is 9.55. The maximum atomic E-state index is 12.5. The zero-order valence-electron chi connectivity index (χ0n) is 12.8. The van der Waals surface area contributed by atoms with Gasteiger partial charge in [-0.05, 0) is 39.8 Å². The molecule has 0 saturated heterocycles. The van der Waals surface area contributed by atoms with E-state index in [9.17, 15) is 14.9 Å². The number of rotatable bonds is 5. The Morgan fingerprint density at radius 1 is 1.24 bits per heavy atom. The summed E-state index contributed by atoms with van der Waals surface area (Å²) in [4.78, 5) is 24.3. The molecule has 0 saturated carbocycles. The molecule has 0 fully saturated rings. The molecular weight excluding hydrogens is 272 g/mol. The Kier molecular flexibility index (Phi) is 5.14. The van der Waals surface area contributed by atoms with Crippen LogP contribution in [0.3, 0.4) is 0 Å². The van der Waals surface area contributed by atoms with Crippen LogP contribution in [0.5, 0.6) is 0 Å². The Morgan fingerprint density at radius 3 is 2.24 bits per heavy atom. The fraction of sp³-hybridized carbons (Fsp3) is 0.533. The highest BCUT2D eigenvalue weighted by atomic mass is 16.6. The van der Waals surface area contributed by atoms with E-state index in [0.717, 1.165) is 0 Å². The topological polar surface area (TPSA) is 81.3 Å². The largest absolute Gasteiger partial charge is 0.466 e. The lowest BCUT2D eigenvalue weighted by Crippen LogP contribution is -2.46. The number of hydrogen-bond donors (Lipinski definition) is 0. The van der Waals surface area contributed by atoms with Gasteiger partial charge in [0.05, 0.1) is 13.0 Å². The number of carbonyl (C=O) groups excluding carboxylic acids is 2. The van der Waals surface area contributed by atoms with Crippen LogP contribution in [0, 0.1) is 11.3 Å². The van der Waals surface area contributed by atoms with Crippen molar-refractivity contribution in [3.05, 3.63) is 24.5 Å². The third-order valence-corrected chi connectivity index (χ3v) is 2.67. The molecule has 1 aromatic rings. The first-order valence-corrected chi connectivity index (χ1v) is 6.69. The van der Waals surface area contributed by atoms with E-state index in [2.05, 4.69) is 0 Å². The molecule has 6 nitrogen and oxygen atoms in total. The zero-order valence-corrected chi connectivity index (χ0v) is 12.8. The summed E-state index contributed by atoms with van der Waals surface area (Å²) < 4.78 is 11.5. The standard InChI is InChI=1S/C15H20N2O4/c1-5-20-12(18)10-15(11-16,17-8-6-7-9-17)13(19)21-14(2,3)4/h6-9H,5,10H2,1-4H3. The first kappa shape index (κ1) is 16.8. The van der Waals surface area contributed by atoms with Gasteiger partial charge in [0.15, 0.2) is 0 Å². The molecule has 1 heterocycles. The molecule has 0 bridgehead atoms. The van der Waals surface area contributed by atoms with Gasteiger partial charge in [-0.15, -0.1) is 0 Å². The van der Waals surface area contributed by atoms with Gasteiger partial charge in [-0.1, -0.05) is 0 Å². The van der Waals surface area contributed by atoms with Gasteiger partial charge < -0.3 is 14.0 Å². The van der Waals surface area contributed by atoms with Crippen LogP contribution in [0.2, 0.25) is 0 Å².